The molecule has 1 saturated heterocycles. The number of para-hydroxylation sites is 1. The maximum Gasteiger partial charge on any atom is 0.399 e. The standard InChI is InChI=1S/C26H27ClF2N2O5/c1-25(2,3)36-22(32)15-11-9-14(10-12-15)21-20-17(16-7-5-6-8-18(16)30-20)13-19(23(33)35-4)31(21)24(34)26(27,28)29/h5-12,17,19-21,30H,13H2,1-4H3/t17?,19-,20?,21+/m1/s1. The van der Waals surface area contributed by atoms with Crippen molar-refractivity contribution in [1.29, 1.82) is 0 Å². The zero-order valence-electron chi connectivity index (χ0n) is 20.3. The van der Waals surface area contributed by atoms with E-state index in [0.717, 1.165) is 23.3 Å². The number of nitrogens with zero attached hydrogens (tertiary/aromatic N) is 1. The Hall–Kier alpha value is -3.20. The number of rotatable bonds is 4. The normalized spacial score (nSPS) is 23.2. The molecule has 0 aromatic heterocycles. The quantitative estimate of drug-likeness (QED) is 0.457. The predicted molar refractivity (Wildman–Crippen MR) is 129 cm³/mol. The number of benzene rings is 2. The molecule has 1 fully saturated rings. The van der Waals surface area contributed by atoms with Crippen molar-refractivity contribution < 1.29 is 32.6 Å². The zero-order valence-corrected chi connectivity index (χ0v) is 21.0. The molecule has 2 unspecified atom stereocenters. The molecule has 2 aromatic rings. The average molecular weight is 521 g/mol. The van der Waals surface area contributed by atoms with Crippen LogP contribution in [0.2, 0.25) is 0 Å². The molecule has 1 amide bonds. The summed E-state index contributed by atoms with van der Waals surface area (Å²) in [5.41, 5.74) is 1.71. The van der Waals surface area contributed by atoms with Crippen molar-refractivity contribution in [2.75, 3.05) is 12.4 Å². The molecule has 10 heteroatoms. The summed E-state index contributed by atoms with van der Waals surface area (Å²) in [6.07, 6.45) is 0.0759. The van der Waals surface area contributed by atoms with Gasteiger partial charge in [0.25, 0.3) is 0 Å². The second kappa shape index (κ2) is 9.35. The summed E-state index contributed by atoms with van der Waals surface area (Å²) >= 11 is 5.18. The summed E-state index contributed by atoms with van der Waals surface area (Å²) in [7, 11) is 1.14. The lowest BCUT2D eigenvalue weighted by Crippen LogP contribution is -2.59. The Bertz CT molecular complexity index is 1180. The molecule has 36 heavy (non-hydrogen) atoms. The molecule has 7 nitrogen and oxygen atoms in total. The van der Waals surface area contributed by atoms with Crippen molar-refractivity contribution in [2.45, 2.75) is 62.2 Å². The number of carbonyl (C=O) groups excluding carboxylic acids is 3. The highest BCUT2D eigenvalue weighted by molar-refractivity contribution is 6.32. The van der Waals surface area contributed by atoms with Crippen LogP contribution in [-0.2, 0) is 19.1 Å². The predicted octanol–water partition coefficient (Wildman–Crippen LogP) is 4.87. The van der Waals surface area contributed by atoms with Crippen molar-refractivity contribution in [3.8, 4) is 0 Å². The van der Waals surface area contributed by atoms with Gasteiger partial charge in [0.2, 0.25) is 0 Å². The Morgan fingerprint density at radius 2 is 1.69 bits per heavy atom. The Morgan fingerprint density at radius 3 is 2.28 bits per heavy atom. The lowest BCUT2D eigenvalue weighted by molar-refractivity contribution is -0.166. The number of nitrogens with one attached hydrogen (secondary N) is 1. The number of hydrogen-bond acceptors (Lipinski definition) is 6. The molecule has 0 bridgehead atoms. The summed E-state index contributed by atoms with van der Waals surface area (Å²) in [5.74, 6) is -3.33. The molecule has 4 rings (SSSR count). The highest BCUT2D eigenvalue weighted by Gasteiger charge is 2.56. The second-order valence-corrected chi connectivity index (χ2v) is 10.4. The van der Waals surface area contributed by atoms with E-state index in [1.807, 2.05) is 24.3 Å². The number of fused-ring (bicyclic) bond motifs is 3. The van der Waals surface area contributed by atoms with E-state index in [9.17, 15) is 23.2 Å². The van der Waals surface area contributed by atoms with Crippen LogP contribution in [0.15, 0.2) is 48.5 Å². The molecule has 0 aliphatic carbocycles. The molecule has 2 aromatic carbocycles. The van der Waals surface area contributed by atoms with Crippen LogP contribution in [0.25, 0.3) is 0 Å². The van der Waals surface area contributed by atoms with Gasteiger partial charge in [-0.1, -0.05) is 30.3 Å². The Morgan fingerprint density at radius 1 is 1.06 bits per heavy atom. The van der Waals surface area contributed by atoms with Crippen LogP contribution in [0.5, 0.6) is 0 Å². The van der Waals surface area contributed by atoms with Crippen molar-refractivity contribution in [1.82, 2.24) is 4.90 Å². The van der Waals surface area contributed by atoms with Gasteiger partial charge in [0, 0.05) is 11.6 Å². The molecule has 192 valence electrons. The number of halogens is 3. The van der Waals surface area contributed by atoms with E-state index in [4.69, 9.17) is 21.1 Å². The fourth-order valence-electron chi connectivity index (χ4n) is 5.00. The summed E-state index contributed by atoms with van der Waals surface area (Å²) < 4.78 is 38.7. The smallest absolute Gasteiger partial charge is 0.399 e. The van der Waals surface area contributed by atoms with Crippen LogP contribution in [0.3, 0.4) is 0 Å². The van der Waals surface area contributed by atoms with E-state index in [1.165, 1.54) is 12.1 Å². The fraction of sp³-hybridized carbons (Fsp3) is 0.423. The van der Waals surface area contributed by atoms with Gasteiger partial charge >= 0.3 is 23.2 Å². The molecular formula is C26H27ClF2N2O5. The molecule has 0 spiro atoms. The Kier molecular flexibility index (Phi) is 6.72. The van der Waals surface area contributed by atoms with Gasteiger partial charge in [-0.3, -0.25) is 4.79 Å². The molecule has 2 heterocycles. The third-order valence-corrected chi connectivity index (χ3v) is 6.57. The van der Waals surface area contributed by atoms with E-state index in [2.05, 4.69) is 5.32 Å². The van der Waals surface area contributed by atoms with Gasteiger partial charge in [-0.25, -0.2) is 9.59 Å². The summed E-state index contributed by atoms with van der Waals surface area (Å²) in [4.78, 5) is 39.0. The van der Waals surface area contributed by atoms with Crippen molar-refractivity contribution in [2.24, 2.45) is 0 Å². The lowest BCUT2D eigenvalue weighted by Gasteiger charge is -2.47. The number of anilines is 1. The van der Waals surface area contributed by atoms with Crippen LogP contribution in [0, 0.1) is 0 Å². The number of alkyl halides is 3. The number of esters is 2. The van der Waals surface area contributed by atoms with Crippen LogP contribution >= 0.6 is 11.6 Å². The Labute approximate surface area is 212 Å². The highest BCUT2D eigenvalue weighted by atomic mass is 35.5. The van der Waals surface area contributed by atoms with Crippen molar-refractivity contribution >= 4 is 35.1 Å². The number of carbonyl (C=O) groups is 3. The first-order chi connectivity index (χ1) is 16.8. The van der Waals surface area contributed by atoms with Crippen LogP contribution in [0.4, 0.5) is 14.5 Å². The van der Waals surface area contributed by atoms with Crippen molar-refractivity contribution in [3.63, 3.8) is 0 Å². The van der Waals surface area contributed by atoms with Gasteiger partial charge in [0.15, 0.2) is 0 Å². The van der Waals surface area contributed by atoms with Crippen LogP contribution in [-0.4, -0.2) is 52.9 Å². The summed E-state index contributed by atoms with van der Waals surface area (Å²) in [5, 5.41) is -0.895. The van der Waals surface area contributed by atoms with E-state index < -0.39 is 47.0 Å². The van der Waals surface area contributed by atoms with Gasteiger partial charge in [-0.15, -0.1) is 0 Å². The molecule has 0 saturated carbocycles. The summed E-state index contributed by atoms with van der Waals surface area (Å²) in [6, 6.07) is 10.7. The SMILES string of the molecule is COC(=O)[C@H]1CC2c3ccccc3NC2[C@H](c2ccc(C(=O)OC(C)(C)C)cc2)N1C(=O)C(F)(F)Cl. The monoisotopic (exact) mass is 520 g/mol. The first-order valence-corrected chi connectivity index (χ1v) is 11.9. The molecule has 1 N–H and O–H groups in total. The van der Waals surface area contributed by atoms with Gasteiger partial charge in [0.05, 0.1) is 24.8 Å². The van der Waals surface area contributed by atoms with Gasteiger partial charge in [-0.2, -0.15) is 8.78 Å². The minimum absolute atomic E-state index is 0.0759. The lowest BCUT2D eigenvalue weighted by atomic mass is 9.77. The van der Waals surface area contributed by atoms with Gasteiger partial charge in [-0.05, 0) is 68.1 Å². The average Bonchev–Trinajstić information content (AvgIpc) is 3.18. The maximum atomic E-state index is 14.2. The number of amides is 1. The van der Waals surface area contributed by atoms with E-state index in [-0.39, 0.29) is 17.9 Å². The van der Waals surface area contributed by atoms with E-state index in [1.54, 1.807) is 32.9 Å². The number of piperidine rings is 1. The first-order valence-electron chi connectivity index (χ1n) is 11.5. The van der Waals surface area contributed by atoms with Crippen LogP contribution in [0.1, 0.15) is 60.6 Å². The minimum Gasteiger partial charge on any atom is -0.467 e. The Balaban J connectivity index is 1.80. The van der Waals surface area contributed by atoms with Gasteiger partial charge in [0.1, 0.15) is 11.6 Å². The second-order valence-electron chi connectivity index (χ2n) is 9.92. The molecule has 2 aliphatic heterocycles. The van der Waals surface area contributed by atoms with E-state index >= 15 is 0 Å². The number of hydrogen-bond donors (Lipinski definition) is 1. The molecule has 2 aliphatic rings. The molecular weight excluding hydrogens is 494 g/mol. The largest absolute Gasteiger partial charge is 0.467 e. The topological polar surface area (TPSA) is 84.9 Å². The number of ether oxygens (including phenoxy) is 2. The molecule has 0 radical (unpaired) electrons. The molecule has 4 atom stereocenters. The first kappa shape index (κ1) is 25.9. The maximum absolute atomic E-state index is 14.2. The zero-order chi connectivity index (χ0) is 26.4. The fourth-order valence-corrected chi connectivity index (χ4v) is 5.10. The summed E-state index contributed by atoms with van der Waals surface area (Å²) in [6.45, 7) is 5.23. The third-order valence-electron chi connectivity index (χ3n) is 6.41. The third kappa shape index (κ3) is 4.89. The number of methoxy groups -OCH3 is 1. The van der Waals surface area contributed by atoms with Crippen molar-refractivity contribution in [3.05, 3.63) is 65.2 Å². The van der Waals surface area contributed by atoms with Crippen LogP contribution < -0.4 is 5.32 Å². The highest BCUT2D eigenvalue weighted by Crippen LogP contribution is 2.51. The van der Waals surface area contributed by atoms with Gasteiger partial charge < -0.3 is 19.7 Å². The minimum atomic E-state index is -4.24. The van der Waals surface area contributed by atoms with E-state index in [0.29, 0.717) is 5.56 Å². The number of likely N-dealkylation sites (tertiary alicyclic amines) is 1.